The lowest BCUT2D eigenvalue weighted by Gasteiger charge is -2.39. The second-order valence-corrected chi connectivity index (χ2v) is 9.82. The average Bonchev–Trinajstić information content (AvgIpc) is 3.49. The Kier molecular flexibility index (Phi) is 4.95. The fourth-order valence-corrected chi connectivity index (χ4v) is 6.26. The van der Waals surface area contributed by atoms with E-state index in [1.54, 1.807) is 25.4 Å². The highest BCUT2D eigenvalue weighted by Gasteiger charge is 2.64. The zero-order valence-electron chi connectivity index (χ0n) is 19.2. The summed E-state index contributed by atoms with van der Waals surface area (Å²) >= 11 is 0. The summed E-state index contributed by atoms with van der Waals surface area (Å²) in [4.78, 5) is 36.7. The molecule has 3 atom stereocenters. The number of carbonyl (C=O) groups excluding carboxylic acids is 1. The van der Waals surface area contributed by atoms with Gasteiger partial charge in [0.1, 0.15) is 11.5 Å². The van der Waals surface area contributed by atoms with Crippen LogP contribution in [0, 0.1) is 11.7 Å². The summed E-state index contributed by atoms with van der Waals surface area (Å²) in [5, 5.41) is 3.83. The van der Waals surface area contributed by atoms with Gasteiger partial charge in [-0.3, -0.25) is 14.5 Å². The molecule has 1 saturated heterocycles. The minimum absolute atomic E-state index is 0.0587. The van der Waals surface area contributed by atoms with Crippen molar-refractivity contribution in [1.29, 1.82) is 0 Å². The van der Waals surface area contributed by atoms with Crippen molar-refractivity contribution in [1.82, 2.24) is 20.2 Å². The maximum atomic E-state index is 13.6. The fourth-order valence-electron chi connectivity index (χ4n) is 6.26. The van der Waals surface area contributed by atoms with Gasteiger partial charge >= 0.3 is 0 Å². The molecule has 2 N–H and O–H groups in total. The lowest BCUT2D eigenvalue weighted by Crippen LogP contribution is -2.50. The number of piperazine rings is 1. The molecule has 3 unspecified atom stereocenters. The van der Waals surface area contributed by atoms with Crippen LogP contribution in [0.25, 0.3) is 10.8 Å². The third-order valence-electron chi connectivity index (χ3n) is 8.18. The Balaban J connectivity index is 1.13. The summed E-state index contributed by atoms with van der Waals surface area (Å²) in [6, 6.07) is 10.8. The molecular formula is C26H28FN5O2. The molecule has 8 heteroatoms. The Labute approximate surface area is 197 Å². The summed E-state index contributed by atoms with van der Waals surface area (Å²) in [5.74, 6) is -0.00184. The number of rotatable bonds is 4. The quantitative estimate of drug-likeness (QED) is 0.625. The maximum absolute atomic E-state index is 13.6. The first-order valence-electron chi connectivity index (χ1n) is 12.0. The van der Waals surface area contributed by atoms with Crippen LogP contribution < -0.4 is 15.8 Å². The molecule has 1 aromatic carbocycles. The number of fused-ring (bicyclic) bond motifs is 2. The highest BCUT2D eigenvalue weighted by molar-refractivity contribution is 5.92. The number of H-pyrrole nitrogens is 1. The van der Waals surface area contributed by atoms with Crippen molar-refractivity contribution >= 4 is 22.4 Å². The molecule has 0 spiro atoms. The molecule has 3 fully saturated rings. The molecule has 1 amide bonds. The first kappa shape index (κ1) is 21.3. The van der Waals surface area contributed by atoms with Gasteiger partial charge < -0.3 is 15.2 Å². The molecule has 2 aliphatic carbocycles. The summed E-state index contributed by atoms with van der Waals surface area (Å²) in [6.45, 7) is 3.83. The van der Waals surface area contributed by atoms with Crippen LogP contribution >= 0.6 is 0 Å². The summed E-state index contributed by atoms with van der Waals surface area (Å²) in [5.41, 5.74) is 2.36. The van der Waals surface area contributed by atoms with Gasteiger partial charge in [-0.15, -0.1) is 0 Å². The van der Waals surface area contributed by atoms with Crippen molar-refractivity contribution in [3.8, 4) is 0 Å². The van der Waals surface area contributed by atoms with Crippen LogP contribution in [0.5, 0.6) is 0 Å². The smallest absolute Gasteiger partial charge is 0.269 e. The lowest BCUT2D eigenvalue weighted by molar-refractivity contribution is 0.0958. The molecule has 6 rings (SSSR count). The molecule has 7 nitrogen and oxygen atoms in total. The Morgan fingerprint density at radius 2 is 2.00 bits per heavy atom. The normalized spacial score (nSPS) is 26.5. The molecule has 3 heterocycles. The number of hydrogen-bond acceptors (Lipinski definition) is 5. The number of pyridine rings is 2. The van der Waals surface area contributed by atoms with E-state index in [1.807, 2.05) is 6.07 Å². The molecule has 3 aromatic rings. The molecule has 176 valence electrons. The fraction of sp³-hybridized carbons (Fsp3) is 0.423. The van der Waals surface area contributed by atoms with Gasteiger partial charge in [0.2, 0.25) is 0 Å². The van der Waals surface area contributed by atoms with Crippen LogP contribution in [0.4, 0.5) is 10.1 Å². The number of nitrogens with zero attached hydrogens (tertiary/aromatic N) is 3. The largest absolute Gasteiger partial charge is 0.368 e. The van der Waals surface area contributed by atoms with Crippen LogP contribution in [-0.4, -0.2) is 60.0 Å². The Morgan fingerprint density at radius 1 is 1.18 bits per heavy atom. The number of carbonyl (C=O) groups is 1. The first-order chi connectivity index (χ1) is 16.5. The zero-order chi connectivity index (χ0) is 23.4. The van der Waals surface area contributed by atoms with Gasteiger partial charge in [0.05, 0.1) is 11.9 Å². The second kappa shape index (κ2) is 7.91. The number of benzene rings is 1. The third-order valence-corrected chi connectivity index (χ3v) is 8.18. The predicted octanol–water partition coefficient (Wildman–Crippen LogP) is 2.66. The molecule has 3 aliphatic rings. The summed E-state index contributed by atoms with van der Waals surface area (Å²) in [7, 11) is 1.60. The van der Waals surface area contributed by atoms with E-state index in [2.05, 4.69) is 31.2 Å². The van der Waals surface area contributed by atoms with Crippen molar-refractivity contribution in [2.45, 2.75) is 30.7 Å². The van der Waals surface area contributed by atoms with Gasteiger partial charge in [0.25, 0.3) is 11.5 Å². The first-order valence-corrected chi connectivity index (χ1v) is 12.0. The van der Waals surface area contributed by atoms with E-state index in [9.17, 15) is 14.0 Å². The number of aromatic amines is 1. The second-order valence-electron chi connectivity index (χ2n) is 9.82. The summed E-state index contributed by atoms with van der Waals surface area (Å²) < 4.78 is 13.6. The third kappa shape index (κ3) is 3.39. The molecule has 0 bridgehead atoms. The lowest BCUT2D eigenvalue weighted by atomic mass is 9.97. The van der Waals surface area contributed by atoms with E-state index >= 15 is 0 Å². The predicted molar refractivity (Wildman–Crippen MR) is 129 cm³/mol. The standard InChI is InChI=1S/C26H28FN5O2/c1-28-25(34)21-5-4-18(15-29-21)31-8-10-32(11-9-31)22-6-7-26(14-20(22)26)23-12-16-2-3-17(27)13-19(16)24(33)30-23/h2-5,12-13,15,20,22H,6-11,14H2,1H3,(H,28,34)(H,30,33). The van der Waals surface area contributed by atoms with Crippen LogP contribution in [0.3, 0.4) is 0 Å². The number of aromatic nitrogens is 2. The highest BCUT2D eigenvalue weighted by atomic mass is 19.1. The highest BCUT2D eigenvalue weighted by Crippen LogP contribution is 2.65. The SMILES string of the molecule is CNC(=O)c1ccc(N2CCN(C3CCC4(c5cc6ccc(F)cc6c(=O)[nH]5)CC34)CC2)cn1. The van der Waals surface area contributed by atoms with Gasteiger partial charge in [-0.1, -0.05) is 6.07 Å². The molecule has 2 saturated carbocycles. The van der Waals surface area contributed by atoms with Crippen LogP contribution in [-0.2, 0) is 5.41 Å². The average molecular weight is 462 g/mol. The number of hydrogen-bond donors (Lipinski definition) is 2. The van der Waals surface area contributed by atoms with Gasteiger partial charge in [-0.05, 0) is 60.9 Å². The Morgan fingerprint density at radius 3 is 2.71 bits per heavy atom. The van der Waals surface area contributed by atoms with E-state index in [0.717, 1.165) is 62.2 Å². The molecule has 1 aliphatic heterocycles. The van der Waals surface area contributed by atoms with Crippen molar-refractivity contribution in [3.05, 3.63) is 70.2 Å². The van der Waals surface area contributed by atoms with Crippen LogP contribution in [0.1, 0.15) is 35.4 Å². The van der Waals surface area contributed by atoms with Gasteiger partial charge in [-0.2, -0.15) is 0 Å². The van der Waals surface area contributed by atoms with E-state index in [4.69, 9.17) is 0 Å². The topological polar surface area (TPSA) is 81.3 Å². The van der Waals surface area contributed by atoms with Gasteiger partial charge in [0.15, 0.2) is 0 Å². The van der Waals surface area contributed by atoms with Crippen LogP contribution in [0.2, 0.25) is 0 Å². The monoisotopic (exact) mass is 461 g/mol. The summed E-state index contributed by atoms with van der Waals surface area (Å²) in [6.07, 6.45) is 5.10. The van der Waals surface area contributed by atoms with E-state index in [1.165, 1.54) is 12.1 Å². The number of anilines is 1. The van der Waals surface area contributed by atoms with Crippen LogP contribution in [0.15, 0.2) is 47.4 Å². The van der Waals surface area contributed by atoms with Gasteiger partial charge in [-0.25, -0.2) is 9.37 Å². The number of halogens is 1. The molecule has 2 aromatic heterocycles. The van der Waals surface area contributed by atoms with Crippen molar-refractivity contribution < 1.29 is 9.18 Å². The Bertz CT molecular complexity index is 1320. The minimum atomic E-state index is -0.383. The number of nitrogens with one attached hydrogen (secondary N) is 2. The van der Waals surface area contributed by atoms with E-state index in [0.29, 0.717) is 23.0 Å². The van der Waals surface area contributed by atoms with Crippen molar-refractivity contribution in [3.63, 3.8) is 0 Å². The Hall–Kier alpha value is -3.26. The zero-order valence-corrected chi connectivity index (χ0v) is 19.2. The minimum Gasteiger partial charge on any atom is -0.368 e. The molecule has 34 heavy (non-hydrogen) atoms. The molecule has 0 radical (unpaired) electrons. The van der Waals surface area contributed by atoms with E-state index in [-0.39, 0.29) is 22.7 Å². The number of amides is 1. The van der Waals surface area contributed by atoms with Crippen molar-refractivity contribution in [2.75, 3.05) is 38.1 Å². The van der Waals surface area contributed by atoms with E-state index < -0.39 is 0 Å². The van der Waals surface area contributed by atoms with Gasteiger partial charge in [0, 0.05) is 55.8 Å². The maximum Gasteiger partial charge on any atom is 0.269 e. The van der Waals surface area contributed by atoms with Crippen molar-refractivity contribution in [2.24, 2.45) is 5.92 Å². The molecular weight excluding hydrogens is 433 g/mol.